The topological polar surface area (TPSA) is 49.9 Å². The van der Waals surface area contributed by atoms with Gasteiger partial charge in [-0.15, -0.1) is 0 Å². The van der Waals surface area contributed by atoms with Gasteiger partial charge in [0.05, 0.1) is 18.7 Å². The number of carbonyl (C=O) groups excluding carboxylic acids is 2. The third-order valence-corrected chi connectivity index (χ3v) is 4.93. The summed E-state index contributed by atoms with van der Waals surface area (Å²) in [5.41, 5.74) is 1.44. The molecule has 3 rings (SSSR count). The van der Waals surface area contributed by atoms with Crippen LogP contribution in [0.2, 0.25) is 0 Å². The minimum atomic E-state index is -0.521. The molecule has 0 unspecified atom stereocenters. The van der Waals surface area contributed by atoms with Crippen molar-refractivity contribution in [3.8, 4) is 0 Å². The number of ketones is 1. The molecule has 1 amide bonds. The molecule has 0 aliphatic carbocycles. The van der Waals surface area contributed by atoms with E-state index in [1.54, 1.807) is 4.90 Å². The number of hydrogen-bond acceptors (Lipinski definition) is 3. The van der Waals surface area contributed by atoms with Crippen LogP contribution in [0, 0.1) is 5.41 Å². The Hall–Kier alpha value is -2.46. The van der Waals surface area contributed by atoms with Gasteiger partial charge in [0.2, 0.25) is 0 Å². The molecule has 0 N–H and O–H groups in total. The zero-order valence-electron chi connectivity index (χ0n) is 16.4. The molecule has 0 aromatic heterocycles. The van der Waals surface area contributed by atoms with Crippen molar-refractivity contribution in [3.05, 3.63) is 71.8 Å². The monoisotopic (exact) mass is 365 g/mol. The SMILES string of the molecule is C[C@H]1O[C@H]1C(=O)N(CC(=O)C(C)(C)C)C(c1ccccc1)c1ccccc1. The van der Waals surface area contributed by atoms with Crippen molar-refractivity contribution in [1.82, 2.24) is 4.90 Å². The Morgan fingerprint density at radius 1 is 0.963 bits per heavy atom. The third kappa shape index (κ3) is 4.45. The highest BCUT2D eigenvalue weighted by Gasteiger charge is 2.46. The summed E-state index contributed by atoms with van der Waals surface area (Å²) in [6, 6.07) is 19.4. The van der Waals surface area contributed by atoms with Crippen molar-refractivity contribution in [1.29, 1.82) is 0 Å². The Labute approximate surface area is 161 Å². The van der Waals surface area contributed by atoms with E-state index < -0.39 is 11.5 Å². The van der Waals surface area contributed by atoms with Gasteiger partial charge in [-0.05, 0) is 18.1 Å². The van der Waals surface area contributed by atoms with Crippen LogP contribution in [0.1, 0.15) is 44.9 Å². The fraction of sp³-hybridized carbons (Fsp3) is 0.391. The third-order valence-electron chi connectivity index (χ3n) is 4.93. The van der Waals surface area contributed by atoms with Gasteiger partial charge >= 0.3 is 0 Å². The highest BCUT2D eigenvalue weighted by Crippen LogP contribution is 2.33. The van der Waals surface area contributed by atoms with Crippen LogP contribution in [0.4, 0.5) is 0 Å². The van der Waals surface area contributed by atoms with Crippen LogP contribution < -0.4 is 0 Å². The highest BCUT2D eigenvalue weighted by atomic mass is 16.6. The average molecular weight is 365 g/mol. The predicted molar refractivity (Wildman–Crippen MR) is 105 cm³/mol. The second-order valence-electron chi connectivity index (χ2n) is 8.13. The number of carbonyl (C=O) groups is 2. The molecular formula is C23H27NO3. The largest absolute Gasteiger partial charge is 0.359 e. The van der Waals surface area contributed by atoms with Crippen LogP contribution in [0.15, 0.2) is 60.7 Å². The van der Waals surface area contributed by atoms with Gasteiger partial charge in [0.25, 0.3) is 5.91 Å². The maximum absolute atomic E-state index is 13.2. The lowest BCUT2D eigenvalue weighted by Gasteiger charge is -2.33. The summed E-state index contributed by atoms with van der Waals surface area (Å²) in [6.45, 7) is 7.59. The first kappa shape index (κ1) is 19.3. The van der Waals surface area contributed by atoms with Gasteiger partial charge in [-0.3, -0.25) is 9.59 Å². The van der Waals surface area contributed by atoms with Crippen LogP contribution >= 0.6 is 0 Å². The van der Waals surface area contributed by atoms with Crippen LogP contribution in [-0.4, -0.2) is 35.3 Å². The molecule has 1 aliphatic heterocycles. The molecule has 2 aromatic carbocycles. The number of hydrogen-bond donors (Lipinski definition) is 0. The van der Waals surface area contributed by atoms with Crippen molar-refractivity contribution in [3.63, 3.8) is 0 Å². The first-order valence-corrected chi connectivity index (χ1v) is 9.38. The van der Waals surface area contributed by atoms with E-state index in [0.717, 1.165) is 11.1 Å². The molecule has 1 heterocycles. The number of rotatable bonds is 6. The maximum Gasteiger partial charge on any atom is 0.255 e. The van der Waals surface area contributed by atoms with E-state index in [4.69, 9.17) is 4.74 Å². The lowest BCUT2D eigenvalue weighted by Crippen LogP contribution is -2.44. The Morgan fingerprint density at radius 3 is 1.78 bits per heavy atom. The van der Waals surface area contributed by atoms with E-state index in [1.807, 2.05) is 88.4 Å². The Balaban J connectivity index is 2.04. The van der Waals surface area contributed by atoms with E-state index in [-0.39, 0.29) is 30.4 Å². The first-order chi connectivity index (χ1) is 12.8. The van der Waals surface area contributed by atoms with Gasteiger partial charge < -0.3 is 9.64 Å². The summed E-state index contributed by atoms with van der Waals surface area (Å²) in [5.74, 6) is -0.0983. The molecular weight excluding hydrogens is 338 g/mol. The molecule has 0 spiro atoms. The van der Waals surface area contributed by atoms with E-state index >= 15 is 0 Å². The number of nitrogens with zero attached hydrogens (tertiary/aromatic N) is 1. The van der Waals surface area contributed by atoms with Crippen LogP contribution in [0.25, 0.3) is 0 Å². The average Bonchev–Trinajstić information content (AvgIpc) is 3.38. The maximum atomic E-state index is 13.2. The standard InChI is InChI=1S/C23H27NO3/c1-16-21(27-16)22(26)24(15-19(25)23(2,3)4)20(17-11-7-5-8-12-17)18-13-9-6-10-14-18/h5-14,16,20-21H,15H2,1-4H3/t16-,21-/m1/s1. The molecule has 4 heteroatoms. The molecule has 1 saturated heterocycles. The summed E-state index contributed by atoms with van der Waals surface area (Å²) < 4.78 is 5.45. The zero-order valence-corrected chi connectivity index (χ0v) is 16.4. The quantitative estimate of drug-likeness (QED) is 0.727. The van der Waals surface area contributed by atoms with Gasteiger partial charge in [-0.2, -0.15) is 0 Å². The van der Waals surface area contributed by atoms with E-state index in [2.05, 4.69) is 0 Å². The Morgan fingerprint density at radius 2 is 1.41 bits per heavy atom. The number of epoxide rings is 1. The van der Waals surface area contributed by atoms with Crippen LogP contribution in [-0.2, 0) is 14.3 Å². The molecule has 2 atom stereocenters. The second kappa shape index (κ2) is 7.65. The molecule has 1 fully saturated rings. The summed E-state index contributed by atoms with van der Waals surface area (Å²) in [4.78, 5) is 27.7. The Bertz CT molecular complexity index is 756. The van der Waals surface area contributed by atoms with Gasteiger partial charge in [-0.25, -0.2) is 0 Å². The fourth-order valence-electron chi connectivity index (χ4n) is 3.12. The Kier molecular flexibility index (Phi) is 5.47. The normalized spacial score (nSPS) is 19.0. The lowest BCUT2D eigenvalue weighted by molar-refractivity contribution is -0.140. The molecule has 0 saturated carbocycles. The molecule has 2 aromatic rings. The lowest BCUT2D eigenvalue weighted by atomic mass is 9.89. The second-order valence-corrected chi connectivity index (χ2v) is 8.13. The summed E-state index contributed by atoms with van der Waals surface area (Å²) >= 11 is 0. The van der Waals surface area contributed by atoms with E-state index in [1.165, 1.54) is 0 Å². The van der Waals surface area contributed by atoms with Crippen molar-refractivity contribution in [2.24, 2.45) is 5.41 Å². The molecule has 1 aliphatic rings. The van der Waals surface area contributed by atoms with Crippen LogP contribution in [0.3, 0.4) is 0 Å². The van der Waals surface area contributed by atoms with Crippen molar-refractivity contribution in [2.45, 2.75) is 45.9 Å². The summed E-state index contributed by atoms with van der Waals surface area (Å²) in [7, 11) is 0. The van der Waals surface area contributed by atoms with Gasteiger partial charge in [0.1, 0.15) is 0 Å². The number of Topliss-reactive ketones (excluding diaryl/α,β-unsaturated/α-hetero) is 1. The van der Waals surface area contributed by atoms with Crippen molar-refractivity contribution < 1.29 is 14.3 Å². The first-order valence-electron chi connectivity index (χ1n) is 9.38. The number of benzene rings is 2. The molecule has 142 valence electrons. The number of amides is 1. The van der Waals surface area contributed by atoms with Gasteiger partial charge in [0.15, 0.2) is 11.9 Å². The van der Waals surface area contributed by atoms with Crippen LogP contribution in [0.5, 0.6) is 0 Å². The number of ether oxygens (including phenoxy) is 1. The minimum Gasteiger partial charge on any atom is -0.359 e. The van der Waals surface area contributed by atoms with E-state index in [0.29, 0.717) is 0 Å². The zero-order chi connectivity index (χ0) is 19.6. The minimum absolute atomic E-state index is 0.0287. The van der Waals surface area contributed by atoms with E-state index in [9.17, 15) is 9.59 Å². The van der Waals surface area contributed by atoms with Gasteiger partial charge in [-0.1, -0.05) is 81.4 Å². The van der Waals surface area contributed by atoms with Gasteiger partial charge in [0, 0.05) is 5.41 Å². The fourth-order valence-corrected chi connectivity index (χ4v) is 3.12. The molecule has 0 radical (unpaired) electrons. The molecule has 0 bridgehead atoms. The highest BCUT2D eigenvalue weighted by molar-refractivity contribution is 5.92. The summed E-state index contributed by atoms with van der Waals surface area (Å²) in [6.07, 6.45) is -0.565. The van der Waals surface area contributed by atoms with Crippen molar-refractivity contribution in [2.75, 3.05) is 6.54 Å². The predicted octanol–water partition coefficient (Wildman–Crippen LogP) is 4.01. The van der Waals surface area contributed by atoms with Crippen molar-refractivity contribution >= 4 is 11.7 Å². The smallest absolute Gasteiger partial charge is 0.255 e. The molecule has 4 nitrogen and oxygen atoms in total. The summed E-state index contributed by atoms with van der Waals surface area (Å²) in [5, 5.41) is 0. The molecule has 27 heavy (non-hydrogen) atoms.